The van der Waals surface area contributed by atoms with Crippen LogP contribution < -0.4 is 5.73 Å². The first-order valence-corrected chi connectivity index (χ1v) is 15.1. The Balaban J connectivity index is 1.26. The van der Waals surface area contributed by atoms with E-state index in [1.807, 2.05) is 43.3 Å². The third-order valence-electron chi connectivity index (χ3n) is 11.1. The van der Waals surface area contributed by atoms with Crippen molar-refractivity contribution in [1.82, 2.24) is 0 Å². The lowest BCUT2D eigenvalue weighted by atomic mass is 9.45. The van der Waals surface area contributed by atoms with E-state index in [0.29, 0.717) is 42.5 Å². The van der Waals surface area contributed by atoms with Crippen molar-refractivity contribution in [1.29, 1.82) is 0 Å². The Morgan fingerprint density at radius 2 is 1.88 bits per heavy atom. The molecule has 7 nitrogen and oxygen atoms in total. The Bertz CT molecular complexity index is 1490. The topological polar surface area (TPSA) is 130 Å². The van der Waals surface area contributed by atoms with E-state index >= 15 is 4.39 Å². The Morgan fingerprint density at radius 3 is 2.58 bits per heavy atom. The summed E-state index contributed by atoms with van der Waals surface area (Å²) < 4.78 is 23.7. The van der Waals surface area contributed by atoms with Gasteiger partial charge in [0.1, 0.15) is 6.61 Å². The second kappa shape index (κ2) is 10.8. The van der Waals surface area contributed by atoms with Crippen LogP contribution >= 0.6 is 0 Å². The standard InChI is InChI=1S/C35H40FNO6/c1-33-18-30(41)35(36)26(11-10-23-16-25(39)12-13-34(23,35)2)27(33)17-29(31(33)28(40)19-38)43-32(42)22-8-6-20(7-9-22)14-21-4-3-5-24(37)15-21/h3-9,12-13,15-16,26-27,29-32,38,41-42H,10-11,14,17-19,37H2,1-2H3/t26?,27?,29-,30?,31?,32?,33?,34?,35+/m1/s1. The van der Waals surface area contributed by atoms with E-state index in [0.717, 1.165) is 11.1 Å². The number of halogens is 1. The normalized spacial score (nSPS) is 37.2. The number of rotatable bonds is 7. The van der Waals surface area contributed by atoms with Gasteiger partial charge in [-0.3, -0.25) is 9.59 Å². The molecule has 0 spiro atoms. The van der Waals surface area contributed by atoms with Gasteiger partial charge in [0.25, 0.3) is 0 Å². The van der Waals surface area contributed by atoms with Crippen LogP contribution in [0.3, 0.4) is 0 Å². The number of Topliss-reactive ketones (excluding diaryl/α,β-unsaturated/α-hetero) is 1. The molecule has 0 aliphatic heterocycles. The molecule has 0 amide bonds. The molecule has 4 aliphatic rings. The lowest BCUT2D eigenvalue weighted by molar-refractivity contribution is -0.197. The molecule has 2 aromatic rings. The smallest absolute Gasteiger partial charge is 0.181 e. The molecule has 7 unspecified atom stereocenters. The van der Waals surface area contributed by atoms with Gasteiger partial charge in [-0.2, -0.15) is 0 Å². The summed E-state index contributed by atoms with van der Waals surface area (Å²) in [4.78, 5) is 25.4. The maximum absolute atomic E-state index is 17.5. The van der Waals surface area contributed by atoms with Crippen molar-refractivity contribution >= 4 is 17.3 Å². The number of aliphatic hydroxyl groups excluding tert-OH is 3. The van der Waals surface area contributed by atoms with Gasteiger partial charge >= 0.3 is 0 Å². The molecule has 6 rings (SSSR count). The van der Waals surface area contributed by atoms with Gasteiger partial charge in [0.05, 0.1) is 18.1 Å². The number of anilines is 1. The summed E-state index contributed by atoms with van der Waals surface area (Å²) in [7, 11) is 0. The van der Waals surface area contributed by atoms with E-state index < -0.39 is 59.2 Å². The fourth-order valence-corrected chi connectivity index (χ4v) is 8.99. The summed E-state index contributed by atoms with van der Waals surface area (Å²) in [5.41, 5.74) is 5.85. The summed E-state index contributed by atoms with van der Waals surface area (Å²) in [6, 6.07) is 15.0. The highest BCUT2D eigenvalue weighted by Gasteiger charge is 2.72. The zero-order chi connectivity index (χ0) is 30.7. The van der Waals surface area contributed by atoms with E-state index in [2.05, 4.69) is 0 Å². The third-order valence-corrected chi connectivity index (χ3v) is 11.1. The molecule has 5 N–H and O–H groups in total. The number of alkyl halides is 1. The number of fused-ring (bicyclic) bond motifs is 5. The van der Waals surface area contributed by atoms with Crippen LogP contribution in [0.2, 0.25) is 0 Å². The maximum Gasteiger partial charge on any atom is 0.181 e. The molecule has 0 radical (unpaired) electrons. The van der Waals surface area contributed by atoms with Crippen LogP contribution in [-0.4, -0.2) is 51.4 Å². The van der Waals surface area contributed by atoms with E-state index in [1.165, 1.54) is 12.2 Å². The summed E-state index contributed by atoms with van der Waals surface area (Å²) in [6.07, 6.45) is 2.87. The van der Waals surface area contributed by atoms with Crippen molar-refractivity contribution in [3.8, 4) is 0 Å². The number of hydrogen-bond acceptors (Lipinski definition) is 7. The summed E-state index contributed by atoms with van der Waals surface area (Å²) >= 11 is 0. The molecular formula is C35H40FNO6. The van der Waals surface area contributed by atoms with Gasteiger partial charge in [-0.15, -0.1) is 0 Å². The Morgan fingerprint density at radius 1 is 1.14 bits per heavy atom. The molecule has 0 heterocycles. The number of nitrogens with two attached hydrogens (primary N) is 1. The number of ether oxygens (including phenoxy) is 1. The van der Waals surface area contributed by atoms with Crippen LogP contribution in [0.25, 0.3) is 0 Å². The molecule has 0 saturated heterocycles. The Kier molecular flexibility index (Phi) is 7.48. The maximum atomic E-state index is 17.5. The molecule has 4 aliphatic carbocycles. The van der Waals surface area contributed by atoms with Gasteiger partial charge in [-0.05, 0) is 85.8 Å². The van der Waals surface area contributed by atoms with Crippen molar-refractivity contribution in [2.75, 3.05) is 12.3 Å². The number of carbonyl (C=O) groups is 2. The zero-order valence-electron chi connectivity index (χ0n) is 24.6. The fraction of sp³-hybridized carbons (Fsp3) is 0.486. The molecule has 3 saturated carbocycles. The van der Waals surface area contributed by atoms with E-state index in [4.69, 9.17) is 10.5 Å². The van der Waals surface area contributed by atoms with E-state index in [1.54, 1.807) is 25.1 Å². The molecule has 0 aromatic heterocycles. The van der Waals surface area contributed by atoms with Crippen LogP contribution in [0.15, 0.2) is 72.3 Å². The van der Waals surface area contributed by atoms with Crippen molar-refractivity contribution in [3.63, 3.8) is 0 Å². The van der Waals surface area contributed by atoms with E-state index in [9.17, 15) is 24.9 Å². The Hall–Kier alpha value is -3.17. The molecule has 8 heteroatoms. The summed E-state index contributed by atoms with van der Waals surface area (Å²) in [6.45, 7) is 2.92. The predicted molar refractivity (Wildman–Crippen MR) is 159 cm³/mol. The number of allylic oxidation sites excluding steroid dienone is 4. The van der Waals surface area contributed by atoms with Gasteiger partial charge in [-0.1, -0.05) is 55.0 Å². The Labute approximate surface area is 251 Å². The molecule has 3 fully saturated rings. The predicted octanol–water partition coefficient (Wildman–Crippen LogP) is 4.39. The molecule has 2 aromatic carbocycles. The first-order valence-electron chi connectivity index (χ1n) is 15.1. The number of aliphatic hydroxyl groups is 3. The zero-order valence-corrected chi connectivity index (χ0v) is 24.6. The largest absolute Gasteiger partial charge is 0.399 e. The number of benzene rings is 2. The van der Waals surface area contributed by atoms with Crippen molar-refractivity contribution < 1.29 is 34.0 Å². The average molecular weight is 590 g/mol. The quantitative estimate of drug-likeness (QED) is 0.278. The summed E-state index contributed by atoms with van der Waals surface area (Å²) in [5, 5.41) is 32.6. The fourth-order valence-electron chi connectivity index (χ4n) is 8.99. The minimum atomic E-state index is -2.04. The second-order valence-corrected chi connectivity index (χ2v) is 13.4. The number of hydrogen-bond donors (Lipinski definition) is 4. The monoisotopic (exact) mass is 589 g/mol. The van der Waals surface area contributed by atoms with Crippen LogP contribution in [0.5, 0.6) is 0 Å². The highest BCUT2D eigenvalue weighted by Crippen LogP contribution is 2.69. The first-order chi connectivity index (χ1) is 20.4. The van der Waals surface area contributed by atoms with Crippen LogP contribution in [0.4, 0.5) is 10.1 Å². The van der Waals surface area contributed by atoms with Gasteiger partial charge in [-0.25, -0.2) is 4.39 Å². The average Bonchev–Trinajstić information content (AvgIpc) is 3.25. The lowest BCUT2D eigenvalue weighted by Gasteiger charge is -2.61. The van der Waals surface area contributed by atoms with Crippen molar-refractivity contribution in [2.24, 2.45) is 28.6 Å². The SMILES string of the molecule is CC12CC(O)[C@@]3(F)C(CCC4=CC(=O)C=CC43C)C1C[C@@H](OC(O)c1ccc(Cc3cccc(N)c3)cc1)C2C(=O)CO. The molecule has 9 atom stereocenters. The highest BCUT2D eigenvalue weighted by atomic mass is 19.1. The van der Waals surface area contributed by atoms with Crippen molar-refractivity contribution in [2.45, 2.75) is 70.1 Å². The molecule has 0 bridgehead atoms. The second-order valence-electron chi connectivity index (χ2n) is 13.4. The molecule has 228 valence electrons. The molecular weight excluding hydrogens is 549 g/mol. The number of carbonyl (C=O) groups excluding carboxylic acids is 2. The van der Waals surface area contributed by atoms with Gasteiger partial charge in [0.15, 0.2) is 23.5 Å². The number of ketones is 2. The van der Waals surface area contributed by atoms with Crippen LogP contribution in [-0.2, 0) is 20.7 Å². The van der Waals surface area contributed by atoms with Gasteiger partial charge in [0, 0.05) is 22.6 Å². The van der Waals surface area contributed by atoms with Crippen LogP contribution in [0, 0.1) is 28.6 Å². The van der Waals surface area contributed by atoms with Gasteiger partial charge < -0.3 is 25.8 Å². The third kappa shape index (κ3) is 4.70. The number of nitrogen functional groups attached to an aromatic ring is 1. The van der Waals surface area contributed by atoms with E-state index in [-0.39, 0.29) is 18.1 Å². The highest BCUT2D eigenvalue weighted by molar-refractivity contribution is 6.01. The minimum absolute atomic E-state index is 0.000379. The van der Waals surface area contributed by atoms with Gasteiger partial charge in [0.2, 0.25) is 0 Å². The first kappa shape index (κ1) is 29.9. The molecule has 43 heavy (non-hydrogen) atoms. The van der Waals surface area contributed by atoms with Crippen molar-refractivity contribution in [3.05, 3.63) is 89.0 Å². The van der Waals surface area contributed by atoms with Crippen LogP contribution in [0.1, 0.15) is 62.5 Å². The minimum Gasteiger partial charge on any atom is -0.399 e. The summed E-state index contributed by atoms with van der Waals surface area (Å²) in [5.74, 6) is -2.40. The lowest BCUT2D eigenvalue weighted by Crippen LogP contribution is -2.66.